The fourth-order valence-corrected chi connectivity index (χ4v) is 3.16. The van der Waals surface area contributed by atoms with Crippen molar-refractivity contribution in [3.05, 3.63) is 35.4 Å². The first-order valence-electron chi connectivity index (χ1n) is 7.41. The van der Waals surface area contributed by atoms with Gasteiger partial charge in [-0.05, 0) is 17.0 Å². The number of carbonyl (C=O) groups is 2. The van der Waals surface area contributed by atoms with Crippen molar-refractivity contribution in [1.82, 2.24) is 15.5 Å². The number of likely N-dealkylation sites (tertiary alicyclic amines) is 1. The molecule has 0 radical (unpaired) electrons. The highest BCUT2D eigenvalue weighted by Gasteiger charge is 2.49. The third-order valence-corrected chi connectivity index (χ3v) is 4.32. The molecule has 2 heterocycles. The first-order chi connectivity index (χ1) is 9.99. The number of nitrogens with zero attached hydrogens (tertiary/aromatic N) is 1. The lowest BCUT2D eigenvalue weighted by Crippen LogP contribution is -2.70. The van der Waals surface area contributed by atoms with Crippen molar-refractivity contribution in [2.24, 2.45) is 0 Å². The quantitative estimate of drug-likeness (QED) is 0.879. The molecule has 0 unspecified atom stereocenters. The van der Waals surface area contributed by atoms with Crippen molar-refractivity contribution in [2.45, 2.75) is 31.7 Å². The normalized spacial score (nSPS) is 19.4. The second kappa shape index (κ2) is 5.06. The predicted octanol–water partition coefficient (Wildman–Crippen LogP) is 1.25. The van der Waals surface area contributed by atoms with Gasteiger partial charge in [-0.25, -0.2) is 4.79 Å². The van der Waals surface area contributed by atoms with E-state index in [0.717, 1.165) is 5.56 Å². The third-order valence-electron chi connectivity index (χ3n) is 4.32. The Labute approximate surface area is 124 Å². The van der Waals surface area contributed by atoms with E-state index in [2.05, 4.69) is 30.5 Å². The molecule has 0 saturated carbocycles. The maximum atomic E-state index is 12.4. The summed E-state index contributed by atoms with van der Waals surface area (Å²) in [4.78, 5) is 25.4. The molecule has 2 N–H and O–H groups in total. The van der Waals surface area contributed by atoms with Crippen molar-refractivity contribution >= 4 is 11.9 Å². The molecular formula is C16H21N3O2. The smallest absolute Gasteiger partial charge is 0.315 e. The molecule has 112 valence electrons. The van der Waals surface area contributed by atoms with Crippen LogP contribution in [0.5, 0.6) is 0 Å². The minimum Gasteiger partial charge on any atom is -0.337 e. The Kier molecular flexibility index (Phi) is 3.35. The van der Waals surface area contributed by atoms with Gasteiger partial charge in [0.05, 0.1) is 12.0 Å². The molecule has 2 aliphatic heterocycles. The van der Waals surface area contributed by atoms with Crippen molar-refractivity contribution in [3.63, 3.8) is 0 Å². The summed E-state index contributed by atoms with van der Waals surface area (Å²) in [6.45, 7) is 6.10. The van der Waals surface area contributed by atoms with Crippen LogP contribution >= 0.6 is 0 Å². The van der Waals surface area contributed by atoms with Crippen molar-refractivity contribution in [2.75, 3.05) is 19.6 Å². The summed E-state index contributed by atoms with van der Waals surface area (Å²) in [5.41, 5.74) is 2.11. The fraction of sp³-hybridized carbons (Fsp3) is 0.500. The maximum absolute atomic E-state index is 12.4. The van der Waals surface area contributed by atoms with Gasteiger partial charge in [-0.2, -0.15) is 0 Å². The van der Waals surface area contributed by atoms with E-state index >= 15 is 0 Å². The Bertz CT molecular complexity index is 577. The molecule has 3 amide bonds. The molecule has 1 aromatic carbocycles. The minimum absolute atomic E-state index is 0.132. The Hall–Kier alpha value is -2.04. The first kappa shape index (κ1) is 13.9. The second-order valence-electron chi connectivity index (χ2n) is 6.37. The topological polar surface area (TPSA) is 61.4 Å². The van der Waals surface area contributed by atoms with Crippen LogP contribution in [0.3, 0.4) is 0 Å². The van der Waals surface area contributed by atoms with Gasteiger partial charge in [0.2, 0.25) is 5.91 Å². The summed E-state index contributed by atoms with van der Waals surface area (Å²) >= 11 is 0. The summed E-state index contributed by atoms with van der Waals surface area (Å²) in [6, 6.07) is 7.98. The maximum Gasteiger partial charge on any atom is 0.315 e. The predicted molar refractivity (Wildman–Crippen MR) is 80.1 cm³/mol. The van der Waals surface area contributed by atoms with Crippen molar-refractivity contribution in [1.29, 1.82) is 0 Å². The minimum atomic E-state index is -0.232. The van der Waals surface area contributed by atoms with Crippen LogP contribution < -0.4 is 10.6 Å². The molecular weight excluding hydrogens is 266 g/mol. The number of carbonyl (C=O) groups excluding carboxylic acids is 2. The fourth-order valence-electron chi connectivity index (χ4n) is 3.16. The summed E-state index contributed by atoms with van der Waals surface area (Å²) in [6.07, 6.45) is 0.436. The van der Waals surface area contributed by atoms with E-state index in [-0.39, 0.29) is 17.5 Å². The zero-order chi connectivity index (χ0) is 15.0. The van der Waals surface area contributed by atoms with Gasteiger partial charge >= 0.3 is 6.03 Å². The molecule has 0 aliphatic carbocycles. The van der Waals surface area contributed by atoms with E-state index < -0.39 is 0 Å². The van der Waals surface area contributed by atoms with Gasteiger partial charge in [0.1, 0.15) is 0 Å². The number of hydrogen-bond donors (Lipinski definition) is 2. The van der Waals surface area contributed by atoms with Gasteiger partial charge in [-0.3, -0.25) is 4.79 Å². The summed E-state index contributed by atoms with van der Waals surface area (Å²) < 4.78 is 0. The Morgan fingerprint density at radius 2 is 2.05 bits per heavy atom. The SMILES string of the molecule is CC(C)c1ccccc1CC(=O)N1CC2(CNC(=O)N2)C1. The first-order valence-corrected chi connectivity index (χ1v) is 7.41. The molecule has 1 spiro atoms. The highest BCUT2D eigenvalue weighted by Crippen LogP contribution is 2.25. The zero-order valence-corrected chi connectivity index (χ0v) is 12.5. The van der Waals surface area contributed by atoms with Crippen LogP contribution in [0.2, 0.25) is 0 Å². The monoisotopic (exact) mass is 287 g/mol. The van der Waals surface area contributed by atoms with Crippen LogP contribution in [-0.4, -0.2) is 42.0 Å². The molecule has 1 aromatic rings. The van der Waals surface area contributed by atoms with Gasteiger partial charge in [0.15, 0.2) is 0 Å². The van der Waals surface area contributed by atoms with Crippen LogP contribution in [0.1, 0.15) is 30.9 Å². The van der Waals surface area contributed by atoms with E-state index in [4.69, 9.17) is 0 Å². The van der Waals surface area contributed by atoms with E-state index in [1.54, 1.807) is 0 Å². The molecule has 0 aromatic heterocycles. The van der Waals surface area contributed by atoms with Crippen LogP contribution in [0, 0.1) is 0 Å². The third kappa shape index (κ3) is 2.60. The number of benzene rings is 1. The van der Waals surface area contributed by atoms with Crippen molar-refractivity contribution in [3.8, 4) is 0 Å². The number of amides is 3. The van der Waals surface area contributed by atoms with Gasteiger partial charge in [-0.1, -0.05) is 38.1 Å². The summed E-state index contributed by atoms with van der Waals surface area (Å²) in [7, 11) is 0. The highest BCUT2D eigenvalue weighted by atomic mass is 16.2. The molecule has 3 rings (SSSR count). The lowest BCUT2D eigenvalue weighted by Gasteiger charge is -2.47. The lowest BCUT2D eigenvalue weighted by molar-refractivity contribution is -0.138. The molecule has 2 aliphatic rings. The summed E-state index contributed by atoms with van der Waals surface area (Å²) in [5, 5.41) is 5.66. The second-order valence-corrected chi connectivity index (χ2v) is 6.37. The molecule has 21 heavy (non-hydrogen) atoms. The molecule has 0 atom stereocenters. The largest absolute Gasteiger partial charge is 0.337 e. The zero-order valence-electron chi connectivity index (χ0n) is 12.5. The van der Waals surface area contributed by atoms with Crippen molar-refractivity contribution < 1.29 is 9.59 Å². The molecule has 5 nitrogen and oxygen atoms in total. The Balaban J connectivity index is 1.62. The van der Waals surface area contributed by atoms with Crippen LogP contribution in [0.25, 0.3) is 0 Å². The van der Waals surface area contributed by atoms with Gasteiger partial charge in [0.25, 0.3) is 0 Å². The van der Waals surface area contributed by atoms with E-state index in [1.165, 1.54) is 5.56 Å². The van der Waals surface area contributed by atoms with E-state index in [0.29, 0.717) is 32.0 Å². The Morgan fingerprint density at radius 3 is 2.67 bits per heavy atom. The standard InChI is InChI=1S/C16H21N3O2/c1-11(2)13-6-4-3-5-12(13)7-14(20)19-9-16(10-19)8-17-15(21)18-16/h3-6,11H,7-10H2,1-2H3,(H2,17,18,21). The van der Waals surface area contributed by atoms with Gasteiger partial charge < -0.3 is 15.5 Å². The van der Waals surface area contributed by atoms with Gasteiger partial charge in [-0.15, -0.1) is 0 Å². The molecule has 2 fully saturated rings. The number of rotatable bonds is 3. The highest BCUT2D eigenvalue weighted by molar-refractivity contribution is 5.83. The average Bonchev–Trinajstić information content (AvgIpc) is 2.80. The van der Waals surface area contributed by atoms with E-state index in [9.17, 15) is 9.59 Å². The molecule has 2 saturated heterocycles. The number of hydrogen-bond acceptors (Lipinski definition) is 2. The van der Waals surface area contributed by atoms with Crippen LogP contribution in [0.15, 0.2) is 24.3 Å². The van der Waals surface area contributed by atoms with Gasteiger partial charge in [0, 0.05) is 19.6 Å². The number of urea groups is 1. The van der Waals surface area contributed by atoms with Crippen LogP contribution in [0.4, 0.5) is 4.79 Å². The average molecular weight is 287 g/mol. The lowest BCUT2D eigenvalue weighted by atomic mass is 9.89. The van der Waals surface area contributed by atoms with Crippen LogP contribution in [-0.2, 0) is 11.2 Å². The van der Waals surface area contributed by atoms with E-state index in [1.807, 2.05) is 23.1 Å². The summed E-state index contributed by atoms with van der Waals surface area (Å²) in [5.74, 6) is 0.546. The molecule has 0 bridgehead atoms. The number of nitrogens with one attached hydrogen (secondary N) is 2. The Morgan fingerprint density at radius 1 is 1.33 bits per heavy atom. The molecule has 5 heteroatoms.